The van der Waals surface area contributed by atoms with Crippen molar-refractivity contribution in [3.63, 3.8) is 0 Å². The van der Waals surface area contributed by atoms with E-state index >= 15 is 0 Å². The summed E-state index contributed by atoms with van der Waals surface area (Å²) in [5, 5.41) is 0. The molecule has 0 N–H and O–H groups in total. The first-order valence-electron chi connectivity index (χ1n) is 7.50. The minimum Gasteiger partial charge on any atom is -0.289 e. The summed E-state index contributed by atoms with van der Waals surface area (Å²) in [7, 11) is 0. The number of ketones is 1. The van der Waals surface area contributed by atoms with E-state index in [1.54, 1.807) is 6.08 Å². The number of rotatable bonds is 1. The molecule has 2 aliphatic carbocycles. The van der Waals surface area contributed by atoms with E-state index in [2.05, 4.69) is 6.08 Å². The highest BCUT2D eigenvalue weighted by Crippen LogP contribution is 2.50. The zero-order chi connectivity index (χ0) is 15.2. The maximum absolute atomic E-state index is 13.2. The van der Waals surface area contributed by atoms with Crippen LogP contribution >= 0.6 is 0 Å². The van der Waals surface area contributed by atoms with E-state index < -0.39 is 0 Å². The van der Waals surface area contributed by atoms with Gasteiger partial charge >= 0.3 is 0 Å². The molecule has 108 valence electrons. The van der Waals surface area contributed by atoms with Crippen molar-refractivity contribution in [1.29, 1.82) is 0 Å². The molecule has 0 saturated heterocycles. The first kappa shape index (κ1) is 13.2. The molecule has 22 heavy (non-hydrogen) atoms. The zero-order valence-corrected chi connectivity index (χ0v) is 12.1. The van der Waals surface area contributed by atoms with Gasteiger partial charge < -0.3 is 0 Å². The minimum absolute atomic E-state index is 0.0616. The van der Waals surface area contributed by atoms with Crippen LogP contribution in [0.15, 0.2) is 66.8 Å². The maximum atomic E-state index is 13.2. The van der Waals surface area contributed by atoms with Crippen molar-refractivity contribution in [1.82, 2.24) is 0 Å². The van der Waals surface area contributed by atoms with E-state index in [9.17, 15) is 9.18 Å². The monoisotopic (exact) mass is 290 g/mol. The Morgan fingerprint density at radius 2 is 1.77 bits per heavy atom. The third-order valence-electron chi connectivity index (χ3n) is 4.72. The van der Waals surface area contributed by atoms with E-state index in [0.29, 0.717) is 0 Å². The molecule has 1 spiro atoms. The van der Waals surface area contributed by atoms with Crippen molar-refractivity contribution in [2.45, 2.75) is 18.3 Å². The topological polar surface area (TPSA) is 17.1 Å². The van der Waals surface area contributed by atoms with E-state index in [1.165, 1.54) is 17.7 Å². The van der Waals surface area contributed by atoms with Crippen LogP contribution in [-0.2, 0) is 5.41 Å². The molecule has 0 amide bonds. The van der Waals surface area contributed by atoms with Crippen LogP contribution in [0.2, 0.25) is 0 Å². The van der Waals surface area contributed by atoms with Gasteiger partial charge in [-0.25, -0.2) is 4.39 Å². The van der Waals surface area contributed by atoms with Gasteiger partial charge in [0.25, 0.3) is 0 Å². The highest BCUT2D eigenvalue weighted by Gasteiger charge is 2.41. The van der Waals surface area contributed by atoms with E-state index in [0.717, 1.165) is 29.5 Å². The van der Waals surface area contributed by atoms with Gasteiger partial charge in [0, 0.05) is 11.0 Å². The fraction of sp³-hybridized carbons (Fsp3) is 0.150. The van der Waals surface area contributed by atoms with Crippen molar-refractivity contribution in [3.8, 4) is 0 Å². The number of halogens is 1. The average Bonchev–Trinajstić information content (AvgIpc) is 2.97. The predicted octanol–water partition coefficient (Wildman–Crippen LogP) is 4.69. The molecule has 0 bridgehead atoms. The van der Waals surface area contributed by atoms with Crippen molar-refractivity contribution in [3.05, 3.63) is 89.3 Å². The molecule has 1 nitrogen and oxygen atoms in total. The Hall–Kier alpha value is -2.48. The molecule has 2 aliphatic rings. The van der Waals surface area contributed by atoms with Crippen LogP contribution in [0.3, 0.4) is 0 Å². The lowest BCUT2D eigenvalue weighted by molar-refractivity contribution is 0.104. The lowest BCUT2D eigenvalue weighted by Gasteiger charge is -2.34. The number of fused-ring (bicyclic) bond motifs is 2. The van der Waals surface area contributed by atoms with Crippen LogP contribution < -0.4 is 0 Å². The van der Waals surface area contributed by atoms with Crippen LogP contribution in [-0.4, -0.2) is 5.78 Å². The molecular formula is C20H15FO. The van der Waals surface area contributed by atoms with Gasteiger partial charge in [-0.1, -0.05) is 48.6 Å². The molecular weight excluding hydrogens is 275 g/mol. The van der Waals surface area contributed by atoms with E-state index in [4.69, 9.17) is 0 Å². The lowest BCUT2D eigenvalue weighted by Crippen LogP contribution is -2.28. The van der Waals surface area contributed by atoms with Crippen molar-refractivity contribution in [2.75, 3.05) is 0 Å². The quantitative estimate of drug-likeness (QED) is 0.744. The van der Waals surface area contributed by atoms with Gasteiger partial charge in [-0.2, -0.15) is 0 Å². The van der Waals surface area contributed by atoms with Crippen LogP contribution in [0.1, 0.15) is 34.3 Å². The van der Waals surface area contributed by atoms with Crippen LogP contribution in [0, 0.1) is 5.82 Å². The van der Waals surface area contributed by atoms with E-state index in [1.807, 2.05) is 42.5 Å². The number of hydrogen-bond acceptors (Lipinski definition) is 1. The van der Waals surface area contributed by atoms with Crippen LogP contribution in [0.4, 0.5) is 4.39 Å². The summed E-state index contributed by atoms with van der Waals surface area (Å²) in [5.74, 6) is -0.169. The summed E-state index contributed by atoms with van der Waals surface area (Å²) in [5.41, 5.74) is 3.77. The molecule has 2 aromatic rings. The Bertz CT molecular complexity index is 814. The molecule has 0 saturated carbocycles. The smallest absolute Gasteiger partial charge is 0.185 e. The highest BCUT2D eigenvalue weighted by molar-refractivity contribution is 6.09. The van der Waals surface area contributed by atoms with Gasteiger partial charge in [-0.05, 0) is 47.8 Å². The minimum atomic E-state index is -0.262. The number of carbonyl (C=O) groups is 1. The third-order valence-corrected chi connectivity index (χ3v) is 4.72. The fourth-order valence-electron chi connectivity index (χ4n) is 3.70. The second-order valence-electron chi connectivity index (χ2n) is 5.88. The first-order valence-corrected chi connectivity index (χ1v) is 7.50. The summed E-state index contributed by atoms with van der Waals surface area (Å²) in [4.78, 5) is 12.2. The zero-order valence-electron chi connectivity index (χ0n) is 12.1. The first-order chi connectivity index (χ1) is 10.7. The van der Waals surface area contributed by atoms with Crippen molar-refractivity contribution < 1.29 is 9.18 Å². The molecule has 0 aromatic heterocycles. The molecule has 2 aromatic carbocycles. The molecule has 4 rings (SSSR count). The van der Waals surface area contributed by atoms with Gasteiger partial charge in [0.05, 0.1) is 0 Å². The van der Waals surface area contributed by atoms with Crippen molar-refractivity contribution in [2.24, 2.45) is 0 Å². The second kappa shape index (κ2) is 4.77. The number of hydrogen-bond donors (Lipinski definition) is 0. The molecule has 0 aliphatic heterocycles. The molecule has 0 radical (unpaired) electrons. The third kappa shape index (κ3) is 1.80. The molecule has 0 heterocycles. The van der Waals surface area contributed by atoms with Gasteiger partial charge in [-0.3, -0.25) is 4.79 Å². The Labute approximate surface area is 128 Å². The van der Waals surface area contributed by atoms with Gasteiger partial charge in [0.15, 0.2) is 5.78 Å². The van der Waals surface area contributed by atoms with Crippen molar-refractivity contribution >= 4 is 11.4 Å². The maximum Gasteiger partial charge on any atom is 0.185 e. The Morgan fingerprint density at radius 3 is 2.59 bits per heavy atom. The van der Waals surface area contributed by atoms with E-state index in [-0.39, 0.29) is 17.0 Å². The van der Waals surface area contributed by atoms with Crippen LogP contribution in [0.25, 0.3) is 5.57 Å². The number of allylic oxidation sites excluding steroid dienone is 4. The fourth-order valence-corrected chi connectivity index (χ4v) is 3.70. The summed E-state index contributed by atoms with van der Waals surface area (Å²) in [6.07, 6.45) is 7.83. The average molecular weight is 290 g/mol. The Balaban J connectivity index is 1.91. The predicted molar refractivity (Wildman–Crippen MR) is 85.2 cm³/mol. The number of benzene rings is 2. The summed E-state index contributed by atoms with van der Waals surface area (Å²) in [6, 6.07) is 14.4. The normalized spacial score (nSPS) is 22.8. The Morgan fingerprint density at radius 1 is 1.00 bits per heavy atom. The van der Waals surface area contributed by atoms with Gasteiger partial charge in [0.2, 0.25) is 0 Å². The van der Waals surface area contributed by atoms with Crippen LogP contribution in [0.5, 0.6) is 0 Å². The molecule has 0 fully saturated rings. The standard InChI is InChI=1S/C20H15FO/c21-15-9-7-14(8-10-15)17-6-3-12-20(17)13-11-19(22)16-4-1-2-5-18(16)20/h1-2,4-11,13H,3,12H2. The molecule has 2 heteroatoms. The summed E-state index contributed by atoms with van der Waals surface area (Å²) in [6.45, 7) is 0. The SMILES string of the molecule is O=C1C=CC2(CCC=C2c2ccc(F)cc2)c2ccccc21. The van der Waals surface area contributed by atoms with Gasteiger partial charge in [0.1, 0.15) is 5.82 Å². The molecule has 1 atom stereocenters. The summed E-state index contributed by atoms with van der Waals surface area (Å²) >= 11 is 0. The largest absolute Gasteiger partial charge is 0.289 e. The Kier molecular flexibility index (Phi) is 2.86. The molecule has 1 unspecified atom stereocenters. The lowest BCUT2D eigenvalue weighted by atomic mass is 9.68. The highest BCUT2D eigenvalue weighted by atomic mass is 19.1. The number of carbonyl (C=O) groups excluding carboxylic acids is 1. The summed E-state index contributed by atoms with van der Waals surface area (Å²) < 4.78 is 13.2. The second-order valence-corrected chi connectivity index (χ2v) is 5.88. The van der Waals surface area contributed by atoms with Gasteiger partial charge in [-0.15, -0.1) is 0 Å².